The summed E-state index contributed by atoms with van der Waals surface area (Å²) in [5.74, 6) is 0.289. The van der Waals surface area contributed by atoms with Gasteiger partial charge in [0.2, 0.25) is 0 Å². The third-order valence-corrected chi connectivity index (χ3v) is 5.88. The lowest BCUT2D eigenvalue weighted by atomic mass is 10.0. The Morgan fingerprint density at radius 3 is 2.41 bits per heavy atom. The first kappa shape index (κ1) is 23.4. The molecule has 2 heterocycles. The van der Waals surface area contributed by atoms with Crippen molar-refractivity contribution in [2.24, 2.45) is 0 Å². The predicted molar refractivity (Wildman–Crippen MR) is 119 cm³/mol. The highest BCUT2D eigenvalue weighted by Gasteiger charge is 2.31. The van der Waals surface area contributed by atoms with Gasteiger partial charge in [-0.1, -0.05) is 0 Å². The van der Waals surface area contributed by atoms with Crippen molar-refractivity contribution >= 4 is 34.3 Å². The molecule has 10 heteroatoms. The normalized spacial score (nSPS) is 12.5. The standard InChI is InChI=1S/C22H26N2O7S/c1-4-29-21(26)19-16-10-11-24(22(27)30-5-2)12-17(16)32-20(19)23-18(25)13-31-15-8-6-14(28-3)7-9-15/h6-9H,4-5,10-13H2,1-3H3,(H,23,25). The zero-order valence-corrected chi connectivity index (χ0v) is 19.1. The lowest BCUT2D eigenvalue weighted by Gasteiger charge is -2.26. The minimum Gasteiger partial charge on any atom is -0.497 e. The summed E-state index contributed by atoms with van der Waals surface area (Å²) in [7, 11) is 1.57. The monoisotopic (exact) mass is 462 g/mol. The second-order valence-electron chi connectivity index (χ2n) is 6.81. The van der Waals surface area contributed by atoms with Crippen LogP contribution in [0.1, 0.15) is 34.6 Å². The molecule has 3 rings (SSSR count). The van der Waals surface area contributed by atoms with Gasteiger partial charge in [-0.05, 0) is 50.1 Å². The van der Waals surface area contributed by atoms with Crippen LogP contribution in [0.25, 0.3) is 0 Å². The van der Waals surface area contributed by atoms with Crippen molar-refractivity contribution in [3.8, 4) is 11.5 Å². The van der Waals surface area contributed by atoms with E-state index in [4.69, 9.17) is 18.9 Å². The van der Waals surface area contributed by atoms with Gasteiger partial charge in [0.15, 0.2) is 6.61 Å². The van der Waals surface area contributed by atoms with E-state index >= 15 is 0 Å². The number of esters is 1. The number of carbonyl (C=O) groups is 3. The van der Waals surface area contributed by atoms with E-state index in [9.17, 15) is 14.4 Å². The maximum atomic E-state index is 12.6. The number of rotatable bonds is 8. The van der Waals surface area contributed by atoms with Crippen LogP contribution in [0.5, 0.6) is 11.5 Å². The van der Waals surface area contributed by atoms with Gasteiger partial charge in [0, 0.05) is 11.4 Å². The lowest BCUT2D eigenvalue weighted by molar-refractivity contribution is -0.118. The van der Waals surface area contributed by atoms with Crippen molar-refractivity contribution in [3.05, 3.63) is 40.3 Å². The minimum atomic E-state index is -0.499. The van der Waals surface area contributed by atoms with Crippen LogP contribution in [0.3, 0.4) is 0 Å². The molecule has 1 aromatic carbocycles. The zero-order valence-electron chi connectivity index (χ0n) is 18.3. The Morgan fingerprint density at radius 1 is 1.06 bits per heavy atom. The fourth-order valence-corrected chi connectivity index (χ4v) is 4.53. The molecule has 0 fully saturated rings. The second kappa shape index (κ2) is 10.9. The van der Waals surface area contributed by atoms with Crippen molar-refractivity contribution in [2.75, 3.05) is 38.8 Å². The molecular weight excluding hydrogens is 436 g/mol. The van der Waals surface area contributed by atoms with E-state index in [1.54, 1.807) is 50.1 Å². The highest BCUT2D eigenvalue weighted by molar-refractivity contribution is 7.17. The lowest BCUT2D eigenvalue weighted by Crippen LogP contribution is -2.36. The summed E-state index contributed by atoms with van der Waals surface area (Å²) in [6.07, 6.45) is 0.0690. The summed E-state index contributed by atoms with van der Waals surface area (Å²) in [6.45, 7) is 4.47. The van der Waals surface area contributed by atoms with E-state index in [0.717, 1.165) is 10.4 Å². The molecule has 0 radical (unpaired) electrons. The summed E-state index contributed by atoms with van der Waals surface area (Å²) in [5.41, 5.74) is 1.13. The molecule has 2 amide bonds. The first-order valence-corrected chi connectivity index (χ1v) is 11.1. The van der Waals surface area contributed by atoms with Crippen LogP contribution in [0.4, 0.5) is 9.80 Å². The van der Waals surface area contributed by atoms with Crippen molar-refractivity contribution in [1.82, 2.24) is 4.90 Å². The molecule has 2 aromatic rings. The number of nitrogens with zero attached hydrogens (tertiary/aromatic N) is 1. The van der Waals surface area contributed by atoms with Gasteiger partial charge in [0.05, 0.1) is 32.4 Å². The predicted octanol–water partition coefficient (Wildman–Crippen LogP) is 3.47. The maximum absolute atomic E-state index is 12.6. The molecule has 172 valence electrons. The van der Waals surface area contributed by atoms with Crippen molar-refractivity contribution in [2.45, 2.75) is 26.8 Å². The van der Waals surface area contributed by atoms with Crippen LogP contribution in [0.15, 0.2) is 24.3 Å². The zero-order chi connectivity index (χ0) is 23.1. The van der Waals surface area contributed by atoms with Gasteiger partial charge >= 0.3 is 12.1 Å². The summed E-state index contributed by atoms with van der Waals surface area (Å²) >= 11 is 1.26. The smallest absolute Gasteiger partial charge is 0.410 e. The van der Waals surface area contributed by atoms with Gasteiger partial charge in [-0.25, -0.2) is 9.59 Å². The van der Waals surface area contributed by atoms with Gasteiger partial charge in [-0.3, -0.25) is 4.79 Å². The molecule has 0 saturated carbocycles. The number of fused-ring (bicyclic) bond motifs is 1. The Labute approximate surface area is 190 Å². The second-order valence-corrected chi connectivity index (χ2v) is 7.92. The van der Waals surface area contributed by atoms with Gasteiger partial charge < -0.3 is 29.2 Å². The molecule has 1 aliphatic heterocycles. The summed E-state index contributed by atoms with van der Waals surface area (Å²) < 4.78 is 20.9. The summed E-state index contributed by atoms with van der Waals surface area (Å²) in [4.78, 5) is 39.6. The Kier molecular flexibility index (Phi) is 7.93. The van der Waals surface area contributed by atoms with Gasteiger partial charge in [0.1, 0.15) is 16.5 Å². The number of thiophene rings is 1. The largest absolute Gasteiger partial charge is 0.497 e. The number of hydrogen-bond donors (Lipinski definition) is 1. The first-order valence-electron chi connectivity index (χ1n) is 10.3. The number of carbonyl (C=O) groups excluding carboxylic acids is 3. The third-order valence-electron chi connectivity index (χ3n) is 4.74. The average molecular weight is 463 g/mol. The highest BCUT2D eigenvalue weighted by atomic mass is 32.1. The molecule has 1 N–H and O–H groups in total. The molecule has 9 nitrogen and oxygen atoms in total. The number of amides is 2. The Hall–Kier alpha value is -3.27. The molecule has 0 atom stereocenters. The fourth-order valence-electron chi connectivity index (χ4n) is 3.26. The number of benzene rings is 1. The molecule has 1 aliphatic rings. The molecule has 0 aliphatic carbocycles. The van der Waals surface area contributed by atoms with Gasteiger partial charge in [-0.15, -0.1) is 11.3 Å². The quantitative estimate of drug-likeness (QED) is 0.599. The van der Waals surface area contributed by atoms with Gasteiger partial charge in [-0.2, -0.15) is 0 Å². The Morgan fingerprint density at radius 2 is 1.75 bits per heavy atom. The molecule has 0 unspecified atom stereocenters. The Bertz CT molecular complexity index is 971. The van der Waals surface area contributed by atoms with E-state index in [1.165, 1.54) is 11.3 Å². The van der Waals surface area contributed by atoms with Crippen molar-refractivity contribution in [1.29, 1.82) is 0 Å². The minimum absolute atomic E-state index is 0.215. The van der Waals surface area contributed by atoms with E-state index in [-0.39, 0.29) is 19.8 Å². The van der Waals surface area contributed by atoms with Crippen LogP contribution >= 0.6 is 11.3 Å². The number of methoxy groups -OCH3 is 1. The summed E-state index contributed by atoms with van der Waals surface area (Å²) in [6, 6.07) is 6.86. The Balaban J connectivity index is 1.73. The van der Waals surface area contributed by atoms with Gasteiger partial charge in [0.25, 0.3) is 5.91 Å². The van der Waals surface area contributed by atoms with Crippen LogP contribution in [0, 0.1) is 0 Å². The molecule has 32 heavy (non-hydrogen) atoms. The number of anilines is 1. The van der Waals surface area contributed by atoms with Crippen LogP contribution in [-0.2, 0) is 27.2 Å². The van der Waals surface area contributed by atoms with E-state index in [2.05, 4.69) is 5.32 Å². The topological polar surface area (TPSA) is 103 Å². The summed E-state index contributed by atoms with van der Waals surface area (Å²) in [5, 5.41) is 3.15. The number of ether oxygens (including phenoxy) is 4. The first-order chi connectivity index (χ1) is 15.5. The van der Waals surface area contributed by atoms with Crippen molar-refractivity contribution < 1.29 is 33.3 Å². The SMILES string of the molecule is CCOC(=O)c1c(NC(=O)COc2ccc(OC)cc2)sc2c1CCN(C(=O)OCC)C2. The highest BCUT2D eigenvalue weighted by Crippen LogP contribution is 2.38. The van der Waals surface area contributed by atoms with Crippen LogP contribution in [-0.4, -0.2) is 56.3 Å². The average Bonchev–Trinajstić information content (AvgIpc) is 3.15. The number of nitrogens with one attached hydrogen (secondary N) is 1. The van der Waals surface area contributed by atoms with Crippen molar-refractivity contribution in [3.63, 3.8) is 0 Å². The molecule has 0 saturated heterocycles. The fraction of sp³-hybridized carbons (Fsp3) is 0.409. The van der Waals surface area contributed by atoms with E-state index in [0.29, 0.717) is 41.6 Å². The molecule has 0 spiro atoms. The molecular formula is C22H26N2O7S. The van der Waals surface area contributed by atoms with Crippen LogP contribution < -0.4 is 14.8 Å². The third kappa shape index (κ3) is 5.50. The maximum Gasteiger partial charge on any atom is 0.410 e. The molecule has 1 aromatic heterocycles. The molecule has 0 bridgehead atoms. The van der Waals surface area contributed by atoms with Crippen LogP contribution in [0.2, 0.25) is 0 Å². The van der Waals surface area contributed by atoms with E-state index in [1.807, 2.05) is 0 Å². The van der Waals surface area contributed by atoms with E-state index < -0.39 is 18.0 Å². The number of hydrogen-bond acceptors (Lipinski definition) is 8.